The summed E-state index contributed by atoms with van der Waals surface area (Å²) in [6, 6.07) is 12.7. The van der Waals surface area contributed by atoms with Crippen LogP contribution in [0.1, 0.15) is 18.4 Å². The van der Waals surface area contributed by atoms with E-state index in [1.54, 1.807) is 18.3 Å². The molecule has 0 aliphatic carbocycles. The number of nitriles is 1. The van der Waals surface area contributed by atoms with Crippen molar-refractivity contribution in [3.8, 4) is 6.07 Å². The predicted octanol–water partition coefficient (Wildman–Crippen LogP) is 4.04. The predicted molar refractivity (Wildman–Crippen MR) is 87.1 cm³/mol. The average molecular weight is 360 g/mol. The molecule has 0 atom stereocenters. The summed E-state index contributed by atoms with van der Waals surface area (Å²) in [7, 11) is 0. The topological polar surface area (TPSA) is 39.9 Å². The smallest absolute Gasteiger partial charge is 0.128 e. The molecule has 1 aromatic heterocycles. The van der Waals surface area contributed by atoms with Crippen LogP contribution in [-0.2, 0) is 5.41 Å². The highest BCUT2D eigenvalue weighted by atomic mass is 79.9. The lowest BCUT2D eigenvalue weighted by atomic mass is 9.74. The number of piperidine rings is 1. The van der Waals surface area contributed by atoms with Gasteiger partial charge in [-0.25, -0.2) is 9.37 Å². The number of benzene rings is 1. The van der Waals surface area contributed by atoms with Gasteiger partial charge in [-0.2, -0.15) is 5.26 Å². The Labute approximate surface area is 137 Å². The standard InChI is InChI=1S/C17H15BrFN3/c18-14-3-6-16(21-11-14)22-9-7-17(12-20,8-10-22)13-1-4-15(19)5-2-13/h1-6,11H,7-10H2. The molecule has 1 fully saturated rings. The van der Waals surface area contributed by atoms with E-state index >= 15 is 0 Å². The normalized spacial score (nSPS) is 17.0. The summed E-state index contributed by atoms with van der Waals surface area (Å²) in [4.78, 5) is 6.59. The van der Waals surface area contributed by atoms with Gasteiger partial charge in [-0.1, -0.05) is 12.1 Å². The Hall–Kier alpha value is -1.93. The third kappa shape index (κ3) is 2.84. The third-order valence-electron chi connectivity index (χ3n) is 4.26. The second-order valence-corrected chi connectivity index (χ2v) is 6.44. The Morgan fingerprint density at radius 2 is 1.82 bits per heavy atom. The minimum atomic E-state index is -0.528. The van der Waals surface area contributed by atoms with E-state index in [4.69, 9.17) is 0 Å². The minimum Gasteiger partial charge on any atom is -0.356 e. The van der Waals surface area contributed by atoms with E-state index in [2.05, 4.69) is 31.9 Å². The van der Waals surface area contributed by atoms with Gasteiger partial charge in [-0.3, -0.25) is 0 Å². The first-order valence-electron chi connectivity index (χ1n) is 7.17. The molecule has 0 spiro atoms. The molecule has 2 aromatic rings. The molecule has 1 saturated heterocycles. The molecule has 0 saturated carbocycles. The zero-order valence-corrected chi connectivity index (χ0v) is 13.6. The highest BCUT2D eigenvalue weighted by molar-refractivity contribution is 9.10. The lowest BCUT2D eigenvalue weighted by molar-refractivity contribution is 0.413. The van der Waals surface area contributed by atoms with E-state index in [0.29, 0.717) is 12.8 Å². The van der Waals surface area contributed by atoms with Crippen LogP contribution in [0, 0.1) is 17.1 Å². The molecule has 0 N–H and O–H groups in total. The number of hydrogen-bond acceptors (Lipinski definition) is 3. The van der Waals surface area contributed by atoms with Gasteiger partial charge in [0.1, 0.15) is 11.6 Å². The van der Waals surface area contributed by atoms with Gasteiger partial charge < -0.3 is 4.90 Å². The van der Waals surface area contributed by atoms with Gasteiger partial charge in [0.2, 0.25) is 0 Å². The van der Waals surface area contributed by atoms with Crippen LogP contribution in [0.5, 0.6) is 0 Å². The van der Waals surface area contributed by atoms with E-state index in [-0.39, 0.29) is 5.82 Å². The summed E-state index contributed by atoms with van der Waals surface area (Å²) in [6.07, 6.45) is 3.21. The minimum absolute atomic E-state index is 0.270. The van der Waals surface area contributed by atoms with E-state index in [1.165, 1.54) is 12.1 Å². The lowest BCUT2D eigenvalue weighted by Crippen LogP contribution is -2.42. The molecule has 0 bridgehead atoms. The number of aromatic nitrogens is 1. The Balaban J connectivity index is 1.78. The van der Waals surface area contributed by atoms with Gasteiger partial charge in [0, 0.05) is 23.8 Å². The molecule has 3 rings (SSSR count). The van der Waals surface area contributed by atoms with E-state index < -0.39 is 5.41 Å². The van der Waals surface area contributed by atoms with Crippen LogP contribution >= 0.6 is 15.9 Å². The maximum Gasteiger partial charge on any atom is 0.128 e. The highest BCUT2D eigenvalue weighted by Gasteiger charge is 2.36. The van der Waals surface area contributed by atoms with Crippen molar-refractivity contribution < 1.29 is 4.39 Å². The first-order valence-corrected chi connectivity index (χ1v) is 7.96. The number of anilines is 1. The van der Waals surface area contributed by atoms with Gasteiger partial charge in [0.05, 0.1) is 11.5 Å². The first-order chi connectivity index (χ1) is 10.6. The number of hydrogen-bond donors (Lipinski definition) is 0. The third-order valence-corrected chi connectivity index (χ3v) is 4.73. The second kappa shape index (κ2) is 6.05. The fourth-order valence-electron chi connectivity index (χ4n) is 2.91. The van der Waals surface area contributed by atoms with E-state index in [1.807, 2.05) is 12.1 Å². The Morgan fingerprint density at radius 3 is 2.36 bits per heavy atom. The Morgan fingerprint density at radius 1 is 1.14 bits per heavy atom. The summed E-state index contributed by atoms with van der Waals surface area (Å²) in [5, 5.41) is 9.67. The zero-order valence-electron chi connectivity index (χ0n) is 12.0. The maximum absolute atomic E-state index is 13.1. The molecule has 5 heteroatoms. The summed E-state index contributed by atoms with van der Waals surface area (Å²) < 4.78 is 14.0. The van der Waals surface area contributed by atoms with Crippen LogP contribution in [0.2, 0.25) is 0 Å². The second-order valence-electron chi connectivity index (χ2n) is 5.52. The molecule has 112 valence electrons. The Kier molecular flexibility index (Phi) is 4.12. The molecule has 1 aliphatic rings. The molecular weight excluding hydrogens is 345 g/mol. The highest BCUT2D eigenvalue weighted by Crippen LogP contribution is 2.36. The van der Waals surface area contributed by atoms with Crippen LogP contribution in [0.3, 0.4) is 0 Å². The summed E-state index contributed by atoms with van der Waals surface area (Å²) in [5.74, 6) is 0.655. The van der Waals surface area contributed by atoms with Crippen molar-refractivity contribution in [1.29, 1.82) is 5.26 Å². The van der Waals surface area contributed by atoms with Gasteiger partial charge >= 0.3 is 0 Å². The lowest BCUT2D eigenvalue weighted by Gasteiger charge is -2.38. The number of halogens is 2. The van der Waals surface area contributed by atoms with Gasteiger partial charge in [-0.15, -0.1) is 0 Å². The van der Waals surface area contributed by atoms with E-state index in [0.717, 1.165) is 28.9 Å². The summed E-state index contributed by atoms with van der Waals surface area (Å²) in [5.41, 5.74) is 0.374. The van der Waals surface area contributed by atoms with Crippen molar-refractivity contribution in [2.24, 2.45) is 0 Å². The monoisotopic (exact) mass is 359 g/mol. The van der Waals surface area contributed by atoms with Crippen molar-refractivity contribution in [3.05, 3.63) is 58.4 Å². The number of pyridine rings is 1. The SMILES string of the molecule is N#CC1(c2ccc(F)cc2)CCN(c2ccc(Br)cn2)CC1. The fourth-order valence-corrected chi connectivity index (χ4v) is 3.14. The van der Waals surface area contributed by atoms with Crippen LogP contribution in [-0.4, -0.2) is 18.1 Å². The van der Waals surface area contributed by atoms with Gasteiger partial charge in [0.15, 0.2) is 0 Å². The molecule has 0 amide bonds. The zero-order chi connectivity index (χ0) is 15.6. The molecule has 22 heavy (non-hydrogen) atoms. The van der Waals surface area contributed by atoms with Gasteiger partial charge in [0.25, 0.3) is 0 Å². The molecular formula is C17H15BrFN3. The summed E-state index contributed by atoms with van der Waals surface area (Å²) >= 11 is 3.38. The largest absolute Gasteiger partial charge is 0.356 e. The molecule has 0 unspecified atom stereocenters. The van der Waals surface area contributed by atoms with Crippen LogP contribution in [0.15, 0.2) is 47.1 Å². The fraction of sp³-hybridized carbons (Fsp3) is 0.294. The average Bonchev–Trinajstić information content (AvgIpc) is 2.56. The quantitative estimate of drug-likeness (QED) is 0.811. The number of nitrogens with zero attached hydrogens (tertiary/aromatic N) is 3. The molecule has 3 nitrogen and oxygen atoms in total. The van der Waals surface area contributed by atoms with Crippen molar-refractivity contribution in [2.45, 2.75) is 18.3 Å². The van der Waals surface area contributed by atoms with Crippen LogP contribution in [0.25, 0.3) is 0 Å². The molecule has 2 heterocycles. The van der Waals surface area contributed by atoms with Crippen molar-refractivity contribution in [1.82, 2.24) is 4.98 Å². The first kappa shape index (κ1) is 15.0. The van der Waals surface area contributed by atoms with Crippen LogP contribution < -0.4 is 4.90 Å². The summed E-state index contributed by atoms with van der Waals surface area (Å²) in [6.45, 7) is 1.53. The Bertz CT molecular complexity index is 683. The molecule has 1 aliphatic heterocycles. The maximum atomic E-state index is 13.1. The van der Waals surface area contributed by atoms with Crippen molar-refractivity contribution in [3.63, 3.8) is 0 Å². The van der Waals surface area contributed by atoms with Gasteiger partial charge in [-0.05, 0) is 58.6 Å². The van der Waals surface area contributed by atoms with E-state index in [9.17, 15) is 9.65 Å². The number of rotatable bonds is 2. The molecule has 0 radical (unpaired) electrons. The van der Waals surface area contributed by atoms with Crippen molar-refractivity contribution >= 4 is 21.7 Å². The molecule has 1 aromatic carbocycles. The van der Waals surface area contributed by atoms with Crippen molar-refractivity contribution in [2.75, 3.05) is 18.0 Å². The van der Waals surface area contributed by atoms with Crippen LogP contribution in [0.4, 0.5) is 10.2 Å².